The molecule has 3 unspecified atom stereocenters. The van der Waals surface area contributed by atoms with Gasteiger partial charge in [-0.25, -0.2) is 0 Å². The number of hydrogen-bond donors (Lipinski definition) is 1. The number of carbonyl (C=O) groups excluding carboxylic acids is 3. The number of carboxylic acid groups (broad SMARTS) is 1. The van der Waals surface area contributed by atoms with E-state index in [2.05, 4.69) is 0 Å². The molecule has 1 aliphatic rings. The lowest BCUT2D eigenvalue weighted by atomic mass is 10.0. The van der Waals surface area contributed by atoms with Gasteiger partial charge in [-0.15, -0.1) is 0 Å². The van der Waals surface area contributed by atoms with Crippen LogP contribution in [0, 0.1) is 0 Å². The Kier molecular flexibility index (Phi) is 12.8. The number of alkyl halides is 2. The second-order valence-electron chi connectivity index (χ2n) is 12.0. The zero-order valence-electron chi connectivity index (χ0n) is 26.9. The number of piperazine rings is 1. The maximum Gasteiger partial charge on any atom is 0.323 e. The lowest BCUT2D eigenvalue weighted by Crippen LogP contribution is -2.63. The fourth-order valence-electron chi connectivity index (χ4n) is 5.89. The van der Waals surface area contributed by atoms with E-state index in [1.807, 2.05) is 54.6 Å². The summed E-state index contributed by atoms with van der Waals surface area (Å²) in [5.74, 6) is -2.84. The average molecular weight is 756 g/mol. The SMILES string of the molecule is O=C(O)CN(C(=O)CC1C(=O)N(C(Cl)Cc2ccc(Cl)cc2)CC(=O)N1CCc1ccc(-c2ccccc2)cc1)C(Cl)Cc1ccc(Cl)cc1. The molecule has 1 saturated heterocycles. The summed E-state index contributed by atoms with van der Waals surface area (Å²) in [4.78, 5) is 57.3. The Morgan fingerprint density at radius 1 is 0.760 bits per heavy atom. The maximum atomic E-state index is 14.1. The van der Waals surface area contributed by atoms with E-state index in [4.69, 9.17) is 46.4 Å². The first-order chi connectivity index (χ1) is 24.0. The lowest BCUT2D eigenvalue weighted by Gasteiger charge is -2.42. The van der Waals surface area contributed by atoms with Gasteiger partial charge in [0.05, 0.1) is 6.42 Å². The van der Waals surface area contributed by atoms with E-state index >= 15 is 0 Å². The molecule has 12 heteroatoms. The van der Waals surface area contributed by atoms with Gasteiger partial charge in [0.15, 0.2) is 0 Å². The van der Waals surface area contributed by atoms with Crippen LogP contribution in [0.5, 0.6) is 0 Å². The van der Waals surface area contributed by atoms with Gasteiger partial charge in [0.25, 0.3) is 0 Å². The zero-order chi connectivity index (χ0) is 35.8. The van der Waals surface area contributed by atoms with Crippen LogP contribution in [-0.2, 0) is 38.4 Å². The number of nitrogens with zero attached hydrogens (tertiary/aromatic N) is 3. The number of rotatable bonds is 14. The molecule has 0 aromatic heterocycles. The first kappa shape index (κ1) is 37.2. The summed E-state index contributed by atoms with van der Waals surface area (Å²) in [5.41, 5.74) is 2.66. The van der Waals surface area contributed by atoms with Crippen molar-refractivity contribution in [3.05, 3.63) is 130 Å². The summed E-state index contributed by atoms with van der Waals surface area (Å²) < 4.78 is 0. The highest BCUT2D eigenvalue weighted by atomic mass is 35.5. The summed E-state index contributed by atoms with van der Waals surface area (Å²) in [6, 6.07) is 30.4. The summed E-state index contributed by atoms with van der Waals surface area (Å²) in [6.45, 7) is -0.813. The minimum Gasteiger partial charge on any atom is -0.480 e. The molecule has 1 aliphatic heterocycles. The molecule has 1 fully saturated rings. The average Bonchev–Trinajstić information content (AvgIpc) is 3.10. The van der Waals surface area contributed by atoms with Crippen LogP contribution in [-0.4, -0.2) is 80.2 Å². The van der Waals surface area contributed by atoms with Gasteiger partial charge in [0.2, 0.25) is 17.7 Å². The number of halogens is 4. The van der Waals surface area contributed by atoms with E-state index in [1.54, 1.807) is 48.5 Å². The molecular weight excluding hydrogens is 720 g/mol. The normalized spacial score (nSPS) is 15.9. The number of aliphatic carboxylic acids is 1. The van der Waals surface area contributed by atoms with E-state index < -0.39 is 47.8 Å². The van der Waals surface area contributed by atoms with Crippen LogP contribution in [0.4, 0.5) is 0 Å². The van der Waals surface area contributed by atoms with Gasteiger partial charge in [-0.2, -0.15) is 0 Å². The molecule has 0 spiro atoms. The van der Waals surface area contributed by atoms with E-state index in [0.29, 0.717) is 16.5 Å². The van der Waals surface area contributed by atoms with Crippen molar-refractivity contribution in [1.29, 1.82) is 0 Å². The van der Waals surface area contributed by atoms with E-state index in [0.717, 1.165) is 32.7 Å². The molecule has 1 heterocycles. The molecule has 4 aromatic carbocycles. The van der Waals surface area contributed by atoms with Crippen molar-refractivity contribution in [2.75, 3.05) is 19.6 Å². The van der Waals surface area contributed by atoms with Crippen molar-refractivity contribution in [3.63, 3.8) is 0 Å². The number of amides is 3. The largest absolute Gasteiger partial charge is 0.480 e. The van der Waals surface area contributed by atoms with Crippen LogP contribution < -0.4 is 0 Å². The van der Waals surface area contributed by atoms with Crippen LogP contribution in [0.1, 0.15) is 23.1 Å². The third-order valence-electron chi connectivity index (χ3n) is 8.58. The first-order valence-corrected chi connectivity index (χ1v) is 17.6. The Balaban J connectivity index is 1.37. The second kappa shape index (κ2) is 17.2. The van der Waals surface area contributed by atoms with Gasteiger partial charge in [-0.3, -0.25) is 19.2 Å². The van der Waals surface area contributed by atoms with Gasteiger partial charge in [0.1, 0.15) is 30.1 Å². The van der Waals surface area contributed by atoms with Crippen LogP contribution in [0.2, 0.25) is 10.0 Å². The minimum atomic E-state index is -1.27. The van der Waals surface area contributed by atoms with Crippen molar-refractivity contribution >= 4 is 70.1 Å². The molecule has 4 aromatic rings. The summed E-state index contributed by atoms with van der Waals surface area (Å²) in [5, 5.41) is 10.7. The predicted octanol–water partition coefficient (Wildman–Crippen LogP) is 7.16. The fourth-order valence-corrected chi connectivity index (χ4v) is 6.85. The quantitative estimate of drug-likeness (QED) is 0.109. The molecule has 0 saturated carbocycles. The van der Waals surface area contributed by atoms with E-state index in [1.165, 1.54) is 9.80 Å². The van der Waals surface area contributed by atoms with Gasteiger partial charge < -0.3 is 19.8 Å². The molecule has 0 aliphatic carbocycles. The predicted molar refractivity (Wildman–Crippen MR) is 196 cm³/mol. The molecule has 1 N–H and O–H groups in total. The highest BCUT2D eigenvalue weighted by molar-refractivity contribution is 6.30. The summed E-state index contributed by atoms with van der Waals surface area (Å²) in [7, 11) is 0. The molecule has 5 rings (SSSR count). The van der Waals surface area contributed by atoms with Gasteiger partial charge in [-0.05, 0) is 58.5 Å². The maximum absolute atomic E-state index is 14.1. The fraction of sp³-hybridized carbons (Fsp3) is 0.263. The standard InChI is InChI=1S/C38H35Cl4N3O5/c39-30-14-8-26(9-15-30)20-33(41)44(24-37(48)49)35(46)22-32-38(50)45(34(42)21-27-10-16-31(40)17-11-27)23-36(47)43(32)19-18-25-6-12-29(13-7-25)28-4-2-1-3-5-28/h1-17,32-34H,18-24H2,(H,48,49). The van der Waals surface area contributed by atoms with Crippen LogP contribution in [0.25, 0.3) is 11.1 Å². The monoisotopic (exact) mass is 753 g/mol. The van der Waals surface area contributed by atoms with Crippen molar-refractivity contribution in [2.45, 2.75) is 42.7 Å². The van der Waals surface area contributed by atoms with Gasteiger partial charge in [0, 0.05) is 29.4 Å². The molecule has 50 heavy (non-hydrogen) atoms. The molecule has 0 radical (unpaired) electrons. The Hall–Kier alpha value is -4.08. The van der Waals surface area contributed by atoms with Crippen LogP contribution >= 0.6 is 46.4 Å². The van der Waals surface area contributed by atoms with Crippen molar-refractivity contribution in [2.24, 2.45) is 0 Å². The van der Waals surface area contributed by atoms with Crippen LogP contribution in [0.15, 0.2) is 103 Å². The van der Waals surface area contributed by atoms with Crippen molar-refractivity contribution < 1.29 is 24.3 Å². The Labute approximate surface area is 311 Å². The van der Waals surface area contributed by atoms with E-state index in [-0.39, 0.29) is 31.8 Å². The number of carboxylic acids is 1. The molecule has 8 nitrogen and oxygen atoms in total. The zero-order valence-corrected chi connectivity index (χ0v) is 30.0. The molecule has 0 bridgehead atoms. The molecule has 260 valence electrons. The number of hydrogen-bond acceptors (Lipinski definition) is 4. The Morgan fingerprint density at radius 2 is 1.30 bits per heavy atom. The number of carbonyl (C=O) groups is 4. The second-order valence-corrected chi connectivity index (χ2v) is 13.9. The molecule has 3 amide bonds. The Morgan fingerprint density at radius 3 is 1.88 bits per heavy atom. The van der Waals surface area contributed by atoms with Gasteiger partial charge in [-0.1, -0.05) is 125 Å². The topological polar surface area (TPSA) is 98.2 Å². The van der Waals surface area contributed by atoms with E-state index in [9.17, 15) is 24.3 Å². The van der Waals surface area contributed by atoms with Crippen molar-refractivity contribution in [1.82, 2.24) is 14.7 Å². The highest BCUT2D eigenvalue weighted by Gasteiger charge is 2.43. The molecule has 3 atom stereocenters. The number of benzene rings is 4. The first-order valence-electron chi connectivity index (χ1n) is 16.0. The third kappa shape index (κ3) is 9.79. The highest BCUT2D eigenvalue weighted by Crippen LogP contribution is 2.26. The van der Waals surface area contributed by atoms with Crippen LogP contribution in [0.3, 0.4) is 0 Å². The summed E-state index contributed by atoms with van der Waals surface area (Å²) in [6.07, 6.45) is 0.314. The summed E-state index contributed by atoms with van der Waals surface area (Å²) >= 11 is 25.5. The minimum absolute atomic E-state index is 0.134. The van der Waals surface area contributed by atoms with Crippen molar-refractivity contribution in [3.8, 4) is 11.1 Å². The smallest absolute Gasteiger partial charge is 0.323 e. The van der Waals surface area contributed by atoms with Gasteiger partial charge >= 0.3 is 5.97 Å². The Bertz CT molecular complexity index is 1790. The third-order valence-corrected chi connectivity index (χ3v) is 9.86. The lowest BCUT2D eigenvalue weighted by molar-refractivity contribution is -0.159. The molecular formula is C38H35Cl4N3O5.